The molecule has 4 nitrogen and oxygen atoms in total. The number of hydrogen-bond donors (Lipinski definition) is 1. The van der Waals surface area contributed by atoms with Crippen LogP contribution in [0.5, 0.6) is 0 Å². The van der Waals surface area contributed by atoms with Crippen LogP contribution in [0, 0.1) is 0 Å². The van der Waals surface area contributed by atoms with Crippen molar-refractivity contribution in [1.29, 1.82) is 0 Å². The van der Waals surface area contributed by atoms with Crippen LogP contribution in [-0.4, -0.2) is 11.7 Å². The molecule has 0 aliphatic carbocycles. The van der Waals surface area contributed by atoms with E-state index >= 15 is 0 Å². The number of benzene rings is 1. The lowest BCUT2D eigenvalue weighted by molar-refractivity contribution is 0.427. The number of para-hydroxylation sites is 1. The highest BCUT2D eigenvalue weighted by atomic mass is 16.5. The normalized spacial score (nSPS) is 14.1. The van der Waals surface area contributed by atoms with Crippen molar-refractivity contribution in [2.24, 2.45) is 0 Å². The van der Waals surface area contributed by atoms with Gasteiger partial charge in [-0.05, 0) is 18.1 Å². The van der Waals surface area contributed by atoms with Gasteiger partial charge in [-0.15, -0.1) is 0 Å². The zero-order valence-electron chi connectivity index (χ0n) is 8.89. The highest BCUT2D eigenvalue weighted by Gasteiger charge is 2.19. The maximum Gasteiger partial charge on any atom is 0.222 e. The van der Waals surface area contributed by atoms with Crippen molar-refractivity contribution in [3.05, 3.63) is 41.6 Å². The molecule has 0 saturated heterocycles. The fraction of sp³-hybridized carbons (Fsp3) is 0.250. The van der Waals surface area contributed by atoms with Gasteiger partial charge in [-0.25, -0.2) is 0 Å². The second-order valence-electron chi connectivity index (χ2n) is 4.02. The van der Waals surface area contributed by atoms with Gasteiger partial charge >= 0.3 is 0 Å². The number of hydrogen-bond acceptors (Lipinski definition) is 4. The van der Waals surface area contributed by atoms with Crippen molar-refractivity contribution >= 4 is 11.6 Å². The van der Waals surface area contributed by atoms with E-state index in [1.807, 2.05) is 0 Å². The fourth-order valence-corrected chi connectivity index (χ4v) is 2.17. The van der Waals surface area contributed by atoms with Gasteiger partial charge in [-0.3, -0.25) is 0 Å². The summed E-state index contributed by atoms with van der Waals surface area (Å²) < 4.78 is 4.86. The lowest BCUT2D eigenvalue weighted by atomic mass is 10.2. The van der Waals surface area contributed by atoms with Crippen LogP contribution in [0.15, 0.2) is 34.9 Å². The first kappa shape index (κ1) is 9.27. The van der Waals surface area contributed by atoms with Crippen LogP contribution < -0.4 is 10.6 Å². The SMILES string of the molecule is Nc1cc(CN2CCc3ccccc32)no1. The topological polar surface area (TPSA) is 55.3 Å². The van der Waals surface area contributed by atoms with Gasteiger partial charge in [0.2, 0.25) is 5.88 Å². The molecule has 0 amide bonds. The van der Waals surface area contributed by atoms with E-state index in [0.717, 1.165) is 25.2 Å². The molecule has 2 heterocycles. The van der Waals surface area contributed by atoms with E-state index in [0.29, 0.717) is 5.88 Å². The van der Waals surface area contributed by atoms with Crippen LogP contribution in [0.3, 0.4) is 0 Å². The summed E-state index contributed by atoms with van der Waals surface area (Å²) >= 11 is 0. The highest BCUT2D eigenvalue weighted by molar-refractivity contribution is 5.57. The number of anilines is 2. The van der Waals surface area contributed by atoms with Crippen molar-refractivity contribution < 1.29 is 4.52 Å². The van der Waals surface area contributed by atoms with E-state index in [-0.39, 0.29) is 0 Å². The Bertz CT molecular complexity index is 506. The van der Waals surface area contributed by atoms with E-state index in [9.17, 15) is 0 Å². The zero-order valence-corrected chi connectivity index (χ0v) is 8.89. The molecule has 82 valence electrons. The molecule has 0 saturated carbocycles. The van der Waals surface area contributed by atoms with E-state index in [1.165, 1.54) is 11.3 Å². The Morgan fingerprint density at radius 3 is 3.06 bits per heavy atom. The van der Waals surface area contributed by atoms with Crippen molar-refractivity contribution in [1.82, 2.24) is 5.16 Å². The quantitative estimate of drug-likeness (QED) is 0.830. The number of aromatic nitrogens is 1. The molecule has 0 fully saturated rings. The Labute approximate surface area is 93.6 Å². The van der Waals surface area contributed by atoms with Crippen LogP contribution in [-0.2, 0) is 13.0 Å². The number of fused-ring (bicyclic) bond motifs is 1. The highest BCUT2D eigenvalue weighted by Crippen LogP contribution is 2.28. The van der Waals surface area contributed by atoms with Gasteiger partial charge < -0.3 is 15.2 Å². The first-order valence-corrected chi connectivity index (χ1v) is 5.37. The van der Waals surface area contributed by atoms with Gasteiger partial charge in [0.1, 0.15) is 5.69 Å². The van der Waals surface area contributed by atoms with Gasteiger partial charge in [0.15, 0.2) is 0 Å². The Morgan fingerprint density at radius 2 is 2.25 bits per heavy atom. The van der Waals surface area contributed by atoms with Crippen molar-refractivity contribution in [3.8, 4) is 0 Å². The van der Waals surface area contributed by atoms with E-state index in [4.69, 9.17) is 10.3 Å². The standard InChI is InChI=1S/C12H13N3O/c13-12-7-10(14-16-12)8-15-6-5-9-3-1-2-4-11(9)15/h1-4,7H,5-6,8,13H2. The Hall–Kier alpha value is -1.97. The Kier molecular flexibility index (Phi) is 2.06. The minimum absolute atomic E-state index is 0.377. The fourth-order valence-electron chi connectivity index (χ4n) is 2.17. The van der Waals surface area contributed by atoms with Crippen molar-refractivity contribution in [2.75, 3.05) is 17.2 Å². The zero-order chi connectivity index (χ0) is 11.0. The third-order valence-electron chi connectivity index (χ3n) is 2.91. The number of nitrogens with zero attached hydrogens (tertiary/aromatic N) is 2. The van der Waals surface area contributed by atoms with Gasteiger partial charge in [-0.1, -0.05) is 23.4 Å². The predicted molar refractivity (Wildman–Crippen MR) is 62.1 cm³/mol. The van der Waals surface area contributed by atoms with Crippen LogP contribution in [0.4, 0.5) is 11.6 Å². The average molecular weight is 215 g/mol. The molecule has 2 aromatic rings. The molecule has 16 heavy (non-hydrogen) atoms. The van der Waals surface area contributed by atoms with E-state index in [1.54, 1.807) is 6.07 Å². The monoisotopic (exact) mass is 215 g/mol. The molecule has 1 aliphatic rings. The summed E-state index contributed by atoms with van der Waals surface area (Å²) in [4.78, 5) is 2.30. The minimum Gasteiger partial charge on any atom is -0.368 e. The number of nitrogens with two attached hydrogens (primary N) is 1. The molecule has 0 bridgehead atoms. The van der Waals surface area contributed by atoms with Gasteiger partial charge in [-0.2, -0.15) is 0 Å². The largest absolute Gasteiger partial charge is 0.368 e. The van der Waals surface area contributed by atoms with Crippen LogP contribution in [0.2, 0.25) is 0 Å². The molecule has 1 aromatic carbocycles. The maximum absolute atomic E-state index is 5.50. The molecule has 2 N–H and O–H groups in total. The molecule has 0 atom stereocenters. The van der Waals surface area contributed by atoms with Gasteiger partial charge in [0.25, 0.3) is 0 Å². The molecule has 4 heteroatoms. The first-order chi connectivity index (χ1) is 7.83. The lowest BCUT2D eigenvalue weighted by Gasteiger charge is -2.17. The summed E-state index contributed by atoms with van der Waals surface area (Å²) in [5, 5.41) is 3.91. The summed E-state index contributed by atoms with van der Waals surface area (Å²) in [7, 11) is 0. The Balaban J connectivity index is 1.83. The molecular weight excluding hydrogens is 202 g/mol. The molecule has 0 unspecified atom stereocenters. The third kappa shape index (κ3) is 1.52. The van der Waals surface area contributed by atoms with Crippen molar-refractivity contribution in [3.63, 3.8) is 0 Å². The summed E-state index contributed by atoms with van der Waals surface area (Å²) in [6, 6.07) is 10.2. The summed E-state index contributed by atoms with van der Waals surface area (Å²) in [6.07, 6.45) is 1.10. The molecule has 0 radical (unpaired) electrons. The number of rotatable bonds is 2. The summed E-state index contributed by atoms with van der Waals surface area (Å²) in [6.45, 7) is 1.80. The average Bonchev–Trinajstić information content (AvgIpc) is 2.87. The summed E-state index contributed by atoms with van der Waals surface area (Å²) in [5.74, 6) is 0.377. The van der Waals surface area contributed by atoms with E-state index in [2.05, 4.69) is 34.3 Å². The molecule has 3 rings (SSSR count). The number of nitrogen functional groups attached to an aromatic ring is 1. The van der Waals surface area contributed by atoms with Gasteiger partial charge in [0, 0.05) is 18.3 Å². The van der Waals surface area contributed by atoms with Crippen LogP contribution in [0.1, 0.15) is 11.3 Å². The summed E-state index contributed by atoms with van der Waals surface area (Å²) in [5.41, 5.74) is 9.08. The molecule has 0 spiro atoms. The smallest absolute Gasteiger partial charge is 0.222 e. The predicted octanol–water partition coefficient (Wildman–Crippen LogP) is 1.82. The van der Waals surface area contributed by atoms with Crippen molar-refractivity contribution in [2.45, 2.75) is 13.0 Å². The Morgan fingerprint density at radius 1 is 1.38 bits per heavy atom. The van der Waals surface area contributed by atoms with Gasteiger partial charge in [0.05, 0.1) is 6.54 Å². The molecule has 1 aromatic heterocycles. The third-order valence-corrected chi connectivity index (χ3v) is 2.91. The minimum atomic E-state index is 0.377. The van der Waals surface area contributed by atoms with E-state index < -0.39 is 0 Å². The molecular formula is C12H13N3O. The van der Waals surface area contributed by atoms with Crippen LogP contribution >= 0.6 is 0 Å². The second-order valence-corrected chi connectivity index (χ2v) is 4.02. The maximum atomic E-state index is 5.50. The second kappa shape index (κ2) is 3.56. The lowest BCUT2D eigenvalue weighted by Crippen LogP contribution is -2.19. The first-order valence-electron chi connectivity index (χ1n) is 5.37. The van der Waals surface area contributed by atoms with Crippen LogP contribution in [0.25, 0.3) is 0 Å². The molecule has 1 aliphatic heterocycles.